The van der Waals surface area contributed by atoms with Crippen LogP contribution in [0.4, 0.5) is 18.9 Å². The van der Waals surface area contributed by atoms with Crippen LogP contribution in [-0.4, -0.2) is 55.3 Å². The number of carboxylic acids is 1. The molecule has 27 heavy (non-hydrogen) atoms. The Morgan fingerprint density at radius 2 is 1.85 bits per heavy atom. The van der Waals surface area contributed by atoms with Crippen LogP contribution >= 0.6 is 0 Å². The molecule has 0 N–H and O–H groups in total. The van der Waals surface area contributed by atoms with E-state index in [2.05, 4.69) is 0 Å². The Labute approximate surface area is 196 Å². The molecule has 2 heterocycles. The number of hydrogen-bond acceptors (Lipinski definition) is 5. The van der Waals surface area contributed by atoms with Crippen LogP contribution in [0.15, 0.2) is 17.1 Å². The number of rotatable bonds is 4. The monoisotopic (exact) mass is 407 g/mol. The van der Waals surface area contributed by atoms with Crippen LogP contribution in [0.2, 0.25) is 0 Å². The predicted octanol–water partition coefficient (Wildman–Crippen LogP) is -2.63. The van der Waals surface area contributed by atoms with Crippen molar-refractivity contribution < 1.29 is 74.5 Å². The summed E-state index contributed by atoms with van der Waals surface area (Å²) in [6.45, 7) is 0.712. The molecule has 1 aliphatic heterocycles. The Balaban J connectivity index is 0.00000261. The maximum absolute atomic E-state index is 15.2. The second-order valence-electron chi connectivity index (χ2n) is 6.25. The number of anilines is 1. The van der Waals surface area contributed by atoms with Gasteiger partial charge in [0.05, 0.1) is 29.0 Å². The number of aromatic nitrogens is 1. The van der Waals surface area contributed by atoms with Crippen molar-refractivity contribution in [3.05, 3.63) is 39.7 Å². The maximum atomic E-state index is 15.2. The van der Waals surface area contributed by atoms with Crippen LogP contribution in [0, 0.1) is 11.6 Å². The van der Waals surface area contributed by atoms with Gasteiger partial charge in [0.2, 0.25) is 0 Å². The summed E-state index contributed by atoms with van der Waals surface area (Å²) in [4.78, 5) is 26.9. The Kier molecular flexibility index (Phi) is 7.51. The average Bonchev–Trinajstić information content (AvgIpc) is 2.58. The number of halogens is 3. The number of pyridine rings is 1. The quantitative estimate of drug-likeness (QED) is 0.519. The number of likely N-dealkylation sites (N-methyl/N-ethyl adjacent to an activating group) is 1. The van der Waals surface area contributed by atoms with E-state index in [1.165, 1.54) is 4.90 Å². The molecular formula is C17H17F3KN3O3. The maximum Gasteiger partial charge on any atom is 1.00 e. The van der Waals surface area contributed by atoms with Gasteiger partial charge in [-0.05, 0) is 13.1 Å². The van der Waals surface area contributed by atoms with Crippen molar-refractivity contribution in [3.63, 3.8) is 0 Å². The summed E-state index contributed by atoms with van der Waals surface area (Å²) >= 11 is 0. The van der Waals surface area contributed by atoms with Gasteiger partial charge in [-0.25, -0.2) is 13.2 Å². The van der Waals surface area contributed by atoms with Gasteiger partial charge in [-0.2, -0.15) is 0 Å². The predicted molar refractivity (Wildman–Crippen MR) is 88.1 cm³/mol. The Bertz CT molecular complexity index is 927. The first-order valence-electron chi connectivity index (χ1n) is 8.11. The summed E-state index contributed by atoms with van der Waals surface area (Å²) in [6.07, 6.45) is 0.842. The van der Waals surface area contributed by atoms with Crippen LogP contribution in [0.25, 0.3) is 10.9 Å². The van der Waals surface area contributed by atoms with E-state index in [1.807, 2.05) is 11.9 Å². The zero-order chi connectivity index (χ0) is 19.0. The van der Waals surface area contributed by atoms with Crippen LogP contribution in [0.5, 0.6) is 0 Å². The molecule has 10 heteroatoms. The van der Waals surface area contributed by atoms with Gasteiger partial charge in [0, 0.05) is 32.4 Å². The first-order chi connectivity index (χ1) is 12.3. The molecule has 0 bridgehead atoms. The zero-order valence-electron chi connectivity index (χ0n) is 15.1. The molecule has 0 unspecified atom stereocenters. The molecule has 0 aliphatic carbocycles. The number of fused-ring (bicyclic) bond motifs is 1. The first-order valence-corrected chi connectivity index (χ1v) is 8.11. The molecule has 1 aliphatic rings. The van der Waals surface area contributed by atoms with E-state index in [4.69, 9.17) is 0 Å². The number of carbonyl (C=O) groups is 1. The third-order valence-corrected chi connectivity index (χ3v) is 4.59. The molecule has 2 aromatic rings. The smallest absolute Gasteiger partial charge is 0.545 e. The second-order valence-corrected chi connectivity index (χ2v) is 6.25. The minimum absolute atomic E-state index is 0. The summed E-state index contributed by atoms with van der Waals surface area (Å²) in [5, 5.41) is 10.7. The molecule has 1 saturated heterocycles. The van der Waals surface area contributed by atoms with Crippen LogP contribution in [-0.2, 0) is 6.54 Å². The van der Waals surface area contributed by atoms with Gasteiger partial charge in [0.1, 0.15) is 18.2 Å². The van der Waals surface area contributed by atoms with Crippen molar-refractivity contribution in [2.45, 2.75) is 6.54 Å². The summed E-state index contributed by atoms with van der Waals surface area (Å²) in [5.41, 5.74) is -2.43. The average molecular weight is 407 g/mol. The van der Waals surface area contributed by atoms with E-state index in [0.29, 0.717) is 26.2 Å². The van der Waals surface area contributed by atoms with Gasteiger partial charge in [0.15, 0.2) is 11.2 Å². The van der Waals surface area contributed by atoms with Gasteiger partial charge in [-0.15, -0.1) is 0 Å². The fourth-order valence-electron chi connectivity index (χ4n) is 3.21. The molecule has 1 fully saturated rings. The Hall–Kier alpha value is -0.914. The number of alkyl halides is 1. The number of aromatic carboxylic acids is 1. The van der Waals surface area contributed by atoms with Crippen molar-refractivity contribution in [2.24, 2.45) is 0 Å². The van der Waals surface area contributed by atoms with Crippen molar-refractivity contribution in [3.8, 4) is 0 Å². The third-order valence-electron chi connectivity index (χ3n) is 4.59. The largest absolute Gasteiger partial charge is 1.00 e. The summed E-state index contributed by atoms with van der Waals surface area (Å²) in [6, 6.07) is 0.815. The number of hydrogen-bond donors (Lipinski definition) is 0. The molecule has 0 spiro atoms. The van der Waals surface area contributed by atoms with Crippen molar-refractivity contribution in [2.75, 3.05) is 44.8 Å². The summed E-state index contributed by atoms with van der Waals surface area (Å²) < 4.78 is 43.6. The first kappa shape index (κ1) is 22.4. The SMILES string of the molecule is CN1CCN(c2c(F)cc3c(=O)c(C(=O)[O-])cn(CCF)c3c2F)CC1.[K+]. The minimum Gasteiger partial charge on any atom is -0.545 e. The molecule has 6 nitrogen and oxygen atoms in total. The van der Waals surface area contributed by atoms with E-state index in [-0.39, 0.29) is 69.1 Å². The number of carboxylic acid groups (broad SMARTS) is 1. The zero-order valence-corrected chi connectivity index (χ0v) is 18.2. The fraction of sp³-hybridized carbons (Fsp3) is 0.412. The molecular weight excluding hydrogens is 390 g/mol. The van der Waals surface area contributed by atoms with Crippen LogP contribution in [0.1, 0.15) is 10.4 Å². The van der Waals surface area contributed by atoms with Gasteiger partial charge in [-0.3, -0.25) is 4.79 Å². The van der Waals surface area contributed by atoms with Crippen molar-refractivity contribution >= 4 is 22.6 Å². The Morgan fingerprint density at radius 3 is 2.41 bits per heavy atom. The van der Waals surface area contributed by atoms with Gasteiger partial charge >= 0.3 is 51.4 Å². The number of nitrogens with zero attached hydrogens (tertiary/aromatic N) is 3. The van der Waals surface area contributed by atoms with Crippen molar-refractivity contribution in [1.82, 2.24) is 9.47 Å². The van der Waals surface area contributed by atoms with E-state index in [1.54, 1.807) is 0 Å². The third kappa shape index (κ3) is 4.25. The summed E-state index contributed by atoms with van der Waals surface area (Å²) in [7, 11) is 1.89. The second kappa shape index (κ2) is 9.06. The van der Waals surface area contributed by atoms with Gasteiger partial charge in [-0.1, -0.05) is 0 Å². The molecule has 0 saturated carbocycles. The molecule has 140 valence electrons. The number of aryl methyl sites for hydroxylation is 1. The van der Waals surface area contributed by atoms with E-state index in [0.717, 1.165) is 16.8 Å². The van der Waals surface area contributed by atoms with Gasteiger partial charge in [0.25, 0.3) is 0 Å². The molecule has 0 atom stereocenters. The minimum atomic E-state index is -1.78. The van der Waals surface area contributed by atoms with Crippen LogP contribution in [0.3, 0.4) is 0 Å². The fourth-order valence-corrected chi connectivity index (χ4v) is 3.21. The summed E-state index contributed by atoms with van der Waals surface area (Å²) in [5.74, 6) is -3.74. The molecule has 0 amide bonds. The van der Waals surface area contributed by atoms with Crippen LogP contribution < -0.4 is 66.8 Å². The van der Waals surface area contributed by atoms with Crippen molar-refractivity contribution in [1.29, 1.82) is 0 Å². The van der Waals surface area contributed by atoms with E-state index >= 15 is 4.39 Å². The molecule has 3 rings (SSSR count). The van der Waals surface area contributed by atoms with E-state index < -0.39 is 40.7 Å². The van der Waals surface area contributed by atoms with E-state index in [9.17, 15) is 23.5 Å². The molecule has 1 aromatic carbocycles. The number of carbonyl (C=O) groups excluding carboxylic acids is 1. The number of piperazine rings is 1. The Morgan fingerprint density at radius 1 is 1.22 bits per heavy atom. The molecule has 0 radical (unpaired) electrons. The molecule has 1 aromatic heterocycles. The van der Waals surface area contributed by atoms with Gasteiger partial charge < -0.3 is 24.3 Å². The standard InChI is InChI=1S/C17H18F3N3O3.K/c1-21-4-6-22(7-5-21)15-12(19)8-10-14(13(15)20)23(3-2-18)9-11(16(10)24)17(25)26;/h8-9H,2-7H2,1H3,(H,25,26);/q;+1/p-1. The topological polar surface area (TPSA) is 68.6 Å². The normalized spacial score (nSPS) is 15.0. The number of benzene rings is 1.